The minimum atomic E-state index is -0.938. The van der Waals surface area contributed by atoms with Gasteiger partial charge < -0.3 is 37.8 Å². The van der Waals surface area contributed by atoms with E-state index < -0.39 is 5.97 Å². The van der Waals surface area contributed by atoms with Crippen LogP contribution in [0.2, 0.25) is 0 Å². The number of carboxylic acid groups (broad SMARTS) is 1. The van der Waals surface area contributed by atoms with E-state index in [0.717, 1.165) is 68.4 Å². The van der Waals surface area contributed by atoms with Crippen molar-refractivity contribution in [3.63, 3.8) is 0 Å². The van der Waals surface area contributed by atoms with Gasteiger partial charge in [0.1, 0.15) is 11.6 Å². The molecule has 0 fully saturated rings. The third-order valence-electron chi connectivity index (χ3n) is 7.81. The molecule has 0 spiro atoms. The summed E-state index contributed by atoms with van der Waals surface area (Å²) in [5.74, 6) is 0.227. The first kappa shape index (κ1) is 42.3. The van der Waals surface area contributed by atoms with E-state index in [4.69, 9.17) is 20.4 Å². The van der Waals surface area contributed by atoms with E-state index in [-0.39, 0.29) is 25.0 Å². The third kappa shape index (κ3) is 9.86. The minimum Gasteiger partial charge on any atom is -0.753 e. The van der Waals surface area contributed by atoms with Crippen molar-refractivity contribution in [1.29, 1.82) is 5.26 Å². The SMILES string of the molecule is CCN(CC)c1cc(C(=O)O)cc(C)c1-c1nc2c3cccnc3c3ncccc3c2[nH]1.N#C[S-].O=COc1ccnc(-c2ccccn2)c1.[N-]=C=S.[Ru+2]. The molecule has 5 aromatic heterocycles. The van der Waals surface area contributed by atoms with Crippen molar-refractivity contribution in [3.05, 3.63) is 108 Å². The van der Waals surface area contributed by atoms with Gasteiger partial charge in [-0.25, -0.2) is 15.0 Å². The molecule has 0 aliphatic rings. The Morgan fingerprint density at radius 1 is 0.944 bits per heavy atom. The number of rotatable bonds is 8. The first-order valence-electron chi connectivity index (χ1n) is 15.9. The molecule has 0 amide bonds. The molecule has 2 aromatic carbocycles. The molecule has 272 valence electrons. The Kier molecular flexibility index (Phi) is 16.3. The van der Waals surface area contributed by atoms with Gasteiger partial charge in [-0.15, -0.1) is 0 Å². The number of carboxylic acids is 1. The Morgan fingerprint density at radius 3 is 2.15 bits per heavy atom. The average Bonchev–Trinajstić information content (AvgIpc) is 3.62. The van der Waals surface area contributed by atoms with Crippen LogP contribution < -0.4 is 9.64 Å². The summed E-state index contributed by atoms with van der Waals surface area (Å²) in [7, 11) is 0. The summed E-state index contributed by atoms with van der Waals surface area (Å²) in [5, 5.41) is 28.4. The van der Waals surface area contributed by atoms with Crippen LogP contribution in [0.3, 0.4) is 0 Å². The zero-order valence-corrected chi connectivity index (χ0v) is 32.4. The number of carbonyl (C=O) groups excluding carboxylic acids is 1. The number of thiocarbonyl (C=S) groups is 1. The number of H-pyrrole nitrogens is 1. The molecule has 0 radical (unpaired) electrons. The van der Waals surface area contributed by atoms with E-state index in [1.807, 2.05) is 49.4 Å². The van der Waals surface area contributed by atoms with Crippen LogP contribution in [-0.4, -0.2) is 65.7 Å². The number of isothiocyanates is 1. The van der Waals surface area contributed by atoms with E-state index in [9.17, 15) is 14.7 Å². The minimum absolute atomic E-state index is 0. The number of nitrogens with zero attached hydrogens (tertiary/aromatic N) is 8. The number of hydrogen-bond donors (Lipinski definition) is 2. The van der Waals surface area contributed by atoms with E-state index in [2.05, 4.69) is 68.5 Å². The van der Waals surface area contributed by atoms with Gasteiger partial charge in [0, 0.05) is 66.0 Å². The van der Waals surface area contributed by atoms with Crippen molar-refractivity contribution in [1.82, 2.24) is 29.9 Å². The van der Waals surface area contributed by atoms with Gasteiger partial charge in [-0.3, -0.25) is 24.7 Å². The van der Waals surface area contributed by atoms with E-state index >= 15 is 0 Å². The van der Waals surface area contributed by atoms with Crippen LogP contribution >= 0.6 is 12.2 Å². The summed E-state index contributed by atoms with van der Waals surface area (Å²) in [6.07, 6.45) is 6.79. The molecular formula is C38H31N9O4RuS2. The topological polar surface area (TPSA) is 193 Å². The van der Waals surface area contributed by atoms with Crippen LogP contribution in [0, 0.1) is 17.6 Å². The molecule has 16 heteroatoms. The number of hydrogen-bond acceptors (Lipinski definition) is 12. The van der Waals surface area contributed by atoms with Gasteiger partial charge in [0.15, 0.2) is 0 Å². The van der Waals surface area contributed by atoms with Crippen LogP contribution in [-0.2, 0) is 36.9 Å². The molecule has 0 aliphatic carbocycles. The standard InChI is InChI=1S/C25H23N5O2.C11H8N2O2.CHNS.CNS.Ru/c1-4-30(5-2)18-13-15(25(31)32)12-14(3)19(18)24-28-22-16-8-6-10-26-20(16)21-17(23(22)29-24)9-7-11-27-21;14-8-15-9-4-6-13-11(7-9)10-3-1-2-5-12-10;2*2-1-3;/h6-13H,4-5H2,1-3H3,(H,28,29)(H,31,32);1-8H;3H;;/q;;;-1;+2/p-1. The molecule has 5 heterocycles. The van der Waals surface area contributed by atoms with Crippen LogP contribution in [0.5, 0.6) is 5.75 Å². The Balaban J connectivity index is 0.000000298. The summed E-state index contributed by atoms with van der Waals surface area (Å²) >= 11 is 7.40. The maximum Gasteiger partial charge on any atom is 2.00 e. The molecule has 54 heavy (non-hydrogen) atoms. The first-order valence-corrected chi connectivity index (χ1v) is 16.7. The van der Waals surface area contributed by atoms with Crippen LogP contribution in [0.1, 0.15) is 29.8 Å². The number of aromatic nitrogens is 6. The number of aromatic amines is 1. The number of anilines is 1. The summed E-state index contributed by atoms with van der Waals surface area (Å²) < 4.78 is 4.72. The summed E-state index contributed by atoms with van der Waals surface area (Å²) in [6, 6.07) is 20.1. The second kappa shape index (κ2) is 20.8. The summed E-state index contributed by atoms with van der Waals surface area (Å²) in [4.78, 5) is 50.0. The number of imidazole rings is 1. The molecule has 0 saturated carbocycles. The predicted molar refractivity (Wildman–Crippen MR) is 210 cm³/mol. The molecule has 0 aliphatic heterocycles. The normalized spacial score (nSPS) is 9.74. The molecular weight excluding hydrogens is 812 g/mol. The molecule has 0 saturated heterocycles. The Bertz CT molecular complexity index is 2380. The fourth-order valence-corrected chi connectivity index (χ4v) is 5.67. The number of aryl methyl sites for hydroxylation is 1. The van der Waals surface area contributed by atoms with Crippen molar-refractivity contribution in [3.8, 4) is 33.9 Å². The zero-order valence-electron chi connectivity index (χ0n) is 29.1. The average molecular weight is 843 g/mol. The van der Waals surface area contributed by atoms with E-state index in [1.54, 1.807) is 49.1 Å². The summed E-state index contributed by atoms with van der Waals surface area (Å²) in [5.41, 5.74) is 7.68. The number of thiocyanates is 1. The van der Waals surface area contributed by atoms with E-state index in [1.165, 1.54) is 10.6 Å². The Hall–Kier alpha value is -6.10. The van der Waals surface area contributed by atoms with Gasteiger partial charge in [-0.1, -0.05) is 23.7 Å². The van der Waals surface area contributed by atoms with Gasteiger partial charge in [-0.2, -0.15) is 5.16 Å². The fourth-order valence-electron chi connectivity index (χ4n) is 5.67. The molecule has 7 rings (SSSR count). The van der Waals surface area contributed by atoms with Gasteiger partial charge in [-0.05, 0) is 80.9 Å². The number of carbonyl (C=O) groups is 2. The van der Waals surface area contributed by atoms with Crippen LogP contribution in [0.15, 0.2) is 91.5 Å². The maximum atomic E-state index is 11.7. The van der Waals surface area contributed by atoms with Gasteiger partial charge in [0.25, 0.3) is 6.47 Å². The van der Waals surface area contributed by atoms with Gasteiger partial charge >= 0.3 is 25.4 Å². The van der Waals surface area contributed by atoms with Crippen molar-refractivity contribution in [2.45, 2.75) is 20.8 Å². The number of pyridine rings is 4. The van der Waals surface area contributed by atoms with E-state index in [0.29, 0.717) is 23.7 Å². The molecule has 0 bridgehead atoms. The van der Waals surface area contributed by atoms with Gasteiger partial charge in [0.05, 0.1) is 39.0 Å². The van der Waals surface area contributed by atoms with Gasteiger partial charge in [0.2, 0.25) is 0 Å². The second-order valence-corrected chi connectivity index (χ2v) is 11.1. The van der Waals surface area contributed by atoms with Crippen molar-refractivity contribution in [2.24, 2.45) is 0 Å². The zero-order chi connectivity index (χ0) is 38.3. The van der Waals surface area contributed by atoms with Crippen molar-refractivity contribution >= 4 is 81.0 Å². The largest absolute Gasteiger partial charge is 2.00 e. The molecule has 0 unspecified atom stereocenters. The quantitative estimate of drug-likeness (QED) is 0.0290. The summed E-state index contributed by atoms with van der Waals surface area (Å²) in [6.45, 7) is 7.96. The van der Waals surface area contributed by atoms with Crippen molar-refractivity contribution in [2.75, 3.05) is 18.0 Å². The fraction of sp³-hybridized carbons (Fsp3) is 0.132. The number of fused-ring (bicyclic) bond motifs is 6. The monoisotopic (exact) mass is 843 g/mol. The predicted octanol–water partition coefficient (Wildman–Crippen LogP) is 7.53. The number of benzene rings is 2. The Labute approximate surface area is 334 Å². The number of ether oxygens (including phenoxy) is 1. The number of nitrogens with one attached hydrogen (secondary N) is 1. The maximum absolute atomic E-state index is 11.7. The molecule has 13 nitrogen and oxygen atoms in total. The smallest absolute Gasteiger partial charge is 0.753 e. The first-order chi connectivity index (χ1) is 25.8. The number of nitriles is 1. The molecule has 0 atom stereocenters. The second-order valence-electron chi connectivity index (χ2n) is 10.8. The molecule has 7 aromatic rings. The Morgan fingerprint density at radius 2 is 1.56 bits per heavy atom. The molecule has 2 N–H and O–H groups in total. The van der Waals surface area contributed by atoms with Crippen LogP contribution in [0.25, 0.3) is 61.0 Å². The third-order valence-corrected chi connectivity index (χ3v) is 7.81. The number of aromatic carboxylic acids is 1. The van der Waals surface area contributed by atoms with Crippen molar-refractivity contribution < 1.29 is 38.9 Å². The van der Waals surface area contributed by atoms with Crippen LogP contribution in [0.4, 0.5) is 5.69 Å².